The number of nitrogens with zero attached hydrogens (tertiary/aromatic N) is 1. The van der Waals surface area contributed by atoms with Gasteiger partial charge in [-0.05, 0) is 17.8 Å². The molecule has 9 heteroatoms. The number of hydrogen-bond donors (Lipinski definition) is 0. The van der Waals surface area contributed by atoms with Crippen LogP contribution in [0.15, 0.2) is 17.0 Å². The summed E-state index contributed by atoms with van der Waals surface area (Å²) in [5.74, 6) is -1.14. The van der Waals surface area contributed by atoms with Gasteiger partial charge in [0.05, 0.1) is 18.2 Å². The SMILES string of the molecule is COC(=O)c1ccc(C(F)F)c(C#N)c1SC(F)(F)F. The van der Waals surface area contributed by atoms with Gasteiger partial charge in [0.2, 0.25) is 0 Å². The molecular weight excluding hydrogens is 305 g/mol. The third-order valence-corrected chi connectivity index (χ3v) is 3.02. The van der Waals surface area contributed by atoms with Gasteiger partial charge in [0.25, 0.3) is 6.43 Å². The predicted molar refractivity (Wildman–Crippen MR) is 59.4 cm³/mol. The minimum absolute atomic E-state index is 0.587. The van der Waals surface area contributed by atoms with Crippen molar-refractivity contribution < 1.29 is 31.5 Å². The van der Waals surface area contributed by atoms with Gasteiger partial charge < -0.3 is 4.74 Å². The topological polar surface area (TPSA) is 50.1 Å². The van der Waals surface area contributed by atoms with Crippen LogP contribution in [0.25, 0.3) is 0 Å². The van der Waals surface area contributed by atoms with Crippen molar-refractivity contribution in [3.8, 4) is 6.07 Å². The average Bonchev–Trinajstić information content (AvgIpc) is 2.35. The Kier molecular flexibility index (Phi) is 4.94. The number of halogens is 5. The lowest BCUT2D eigenvalue weighted by molar-refractivity contribution is -0.0328. The van der Waals surface area contributed by atoms with E-state index < -0.39 is 51.3 Å². The van der Waals surface area contributed by atoms with Gasteiger partial charge >= 0.3 is 11.5 Å². The van der Waals surface area contributed by atoms with Crippen LogP contribution in [-0.4, -0.2) is 18.6 Å². The van der Waals surface area contributed by atoms with E-state index >= 15 is 0 Å². The number of esters is 1. The van der Waals surface area contributed by atoms with Crippen LogP contribution in [-0.2, 0) is 4.74 Å². The summed E-state index contributed by atoms with van der Waals surface area (Å²) < 4.78 is 67.0. The predicted octanol–water partition coefficient (Wildman–Crippen LogP) is 3.89. The second-order valence-electron chi connectivity index (χ2n) is 3.36. The summed E-state index contributed by atoms with van der Waals surface area (Å²) in [7, 11) is 0.928. The molecule has 0 spiro atoms. The second-order valence-corrected chi connectivity index (χ2v) is 4.43. The van der Waals surface area contributed by atoms with E-state index in [1.807, 2.05) is 0 Å². The molecule has 0 heterocycles. The third-order valence-electron chi connectivity index (χ3n) is 2.16. The van der Waals surface area contributed by atoms with Gasteiger partial charge in [-0.3, -0.25) is 0 Å². The standard InChI is InChI=1S/C11H6F5NO2S/c1-19-10(18)6-3-2-5(9(12)13)7(4-17)8(6)20-11(14,15)16/h2-3,9H,1H3. The van der Waals surface area contributed by atoms with Crippen molar-refractivity contribution in [2.45, 2.75) is 16.8 Å². The zero-order valence-corrected chi connectivity index (χ0v) is 10.6. The first kappa shape index (κ1) is 16.2. The average molecular weight is 311 g/mol. The van der Waals surface area contributed by atoms with Gasteiger partial charge in [-0.2, -0.15) is 18.4 Å². The molecule has 1 rings (SSSR count). The van der Waals surface area contributed by atoms with Gasteiger partial charge in [0, 0.05) is 10.5 Å². The van der Waals surface area contributed by atoms with E-state index in [-0.39, 0.29) is 0 Å². The van der Waals surface area contributed by atoms with E-state index in [1.54, 1.807) is 0 Å². The summed E-state index contributed by atoms with van der Waals surface area (Å²) in [6, 6.07) is 2.79. The van der Waals surface area contributed by atoms with Crippen molar-refractivity contribution in [2.24, 2.45) is 0 Å². The van der Waals surface area contributed by atoms with Crippen LogP contribution in [0.3, 0.4) is 0 Å². The van der Waals surface area contributed by atoms with Crippen molar-refractivity contribution in [2.75, 3.05) is 7.11 Å². The lowest BCUT2D eigenvalue weighted by atomic mass is 10.0. The number of alkyl halides is 5. The molecular formula is C11H6F5NO2S. The molecule has 0 aliphatic rings. The first-order valence-electron chi connectivity index (χ1n) is 4.90. The molecule has 20 heavy (non-hydrogen) atoms. The summed E-state index contributed by atoms with van der Waals surface area (Å²) >= 11 is -0.803. The van der Waals surface area contributed by atoms with Crippen LogP contribution in [0.1, 0.15) is 27.9 Å². The highest BCUT2D eigenvalue weighted by molar-refractivity contribution is 8.00. The first-order valence-corrected chi connectivity index (χ1v) is 5.72. The molecule has 108 valence electrons. The molecule has 0 fully saturated rings. The second kappa shape index (κ2) is 6.09. The minimum atomic E-state index is -4.84. The van der Waals surface area contributed by atoms with Crippen molar-refractivity contribution in [1.29, 1.82) is 5.26 Å². The zero-order valence-electron chi connectivity index (χ0n) is 9.79. The molecule has 3 nitrogen and oxygen atoms in total. The van der Waals surface area contributed by atoms with Crippen LogP contribution in [0.4, 0.5) is 22.0 Å². The molecule has 0 saturated heterocycles. The van der Waals surface area contributed by atoms with E-state index in [0.717, 1.165) is 19.2 Å². The maximum atomic E-state index is 12.7. The van der Waals surface area contributed by atoms with E-state index in [2.05, 4.69) is 4.74 Å². The Bertz CT molecular complexity index is 565. The van der Waals surface area contributed by atoms with Crippen LogP contribution in [0, 0.1) is 11.3 Å². The molecule has 0 bridgehead atoms. The van der Waals surface area contributed by atoms with Crippen LogP contribution in [0.2, 0.25) is 0 Å². The summed E-state index contributed by atoms with van der Waals surface area (Å²) in [4.78, 5) is 10.5. The summed E-state index contributed by atoms with van der Waals surface area (Å²) in [5.41, 5.74) is -7.18. The van der Waals surface area contributed by atoms with Crippen molar-refractivity contribution >= 4 is 17.7 Å². The number of rotatable bonds is 3. The van der Waals surface area contributed by atoms with E-state index in [4.69, 9.17) is 5.26 Å². The first-order chi connectivity index (χ1) is 9.21. The number of carbonyl (C=O) groups is 1. The Morgan fingerprint density at radius 3 is 2.40 bits per heavy atom. The number of thioether (sulfide) groups is 1. The van der Waals surface area contributed by atoms with Crippen molar-refractivity contribution in [3.05, 3.63) is 28.8 Å². The molecule has 0 N–H and O–H groups in total. The van der Waals surface area contributed by atoms with E-state index in [1.165, 1.54) is 6.07 Å². The Labute approximate surface area is 114 Å². The lowest BCUT2D eigenvalue weighted by Crippen LogP contribution is -2.10. The Morgan fingerprint density at radius 2 is 2.00 bits per heavy atom. The minimum Gasteiger partial charge on any atom is -0.465 e. The summed E-state index contributed by atoms with van der Waals surface area (Å²) in [6.07, 6.45) is -3.14. The van der Waals surface area contributed by atoms with Gasteiger partial charge in [0.1, 0.15) is 6.07 Å². The highest BCUT2D eigenvalue weighted by Crippen LogP contribution is 2.42. The van der Waals surface area contributed by atoms with Crippen molar-refractivity contribution in [1.82, 2.24) is 0 Å². The molecule has 0 amide bonds. The van der Waals surface area contributed by atoms with Crippen LogP contribution < -0.4 is 0 Å². The molecule has 0 atom stereocenters. The van der Waals surface area contributed by atoms with Crippen LogP contribution >= 0.6 is 11.8 Å². The molecule has 0 saturated carbocycles. The Hall–Kier alpha value is -1.82. The Morgan fingerprint density at radius 1 is 1.40 bits per heavy atom. The summed E-state index contributed by atoms with van der Waals surface area (Å²) in [6.45, 7) is 0. The fourth-order valence-electron chi connectivity index (χ4n) is 1.39. The normalized spacial score (nSPS) is 11.3. The van der Waals surface area contributed by atoms with Gasteiger partial charge in [-0.1, -0.05) is 6.07 Å². The molecule has 0 unspecified atom stereocenters. The Balaban J connectivity index is 3.57. The van der Waals surface area contributed by atoms with Gasteiger partial charge in [-0.15, -0.1) is 0 Å². The molecule has 0 radical (unpaired) electrons. The van der Waals surface area contributed by atoms with E-state index in [0.29, 0.717) is 0 Å². The maximum absolute atomic E-state index is 12.7. The molecule has 0 aliphatic heterocycles. The highest BCUT2D eigenvalue weighted by Gasteiger charge is 2.35. The van der Waals surface area contributed by atoms with Crippen molar-refractivity contribution in [3.63, 3.8) is 0 Å². The number of nitriles is 1. The number of methoxy groups -OCH3 is 1. The highest BCUT2D eigenvalue weighted by atomic mass is 32.2. The number of ether oxygens (including phenoxy) is 1. The van der Waals surface area contributed by atoms with Crippen LogP contribution in [0.5, 0.6) is 0 Å². The molecule has 1 aromatic carbocycles. The third kappa shape index (κ3) is 3.60. The number of hydrogen-bond acceptors (Lipinski definition) is 4. The van der Waals surface area contributed by atoms with Gasteiger partial charge in [0.15, 0.2) is 0 Å². The summed E-state index contributed by atoms with van der Waals surface area (Å²) in [5, 5.41) is 8.81. The fourth-order valence-corrected chi connectivity index (χ4v) is 2.15. The zero-order chi connectivity index (χ0) is 15.5. The van der Waals surface area contributed by atoms with Gasteiger partial charge in [-0.25, -0.2) is 13.6 Å². The largest absolute Gasteiger partial charge is 0.465 e. The fraction of sp³-hybridized carbons (Fsp3) is 0.273. The number of benzene rings is 1. The molecule has 0 aromatic heterocycles. The quantitative estimate of drug-likeness (QED) is 0.483. The maximum Gasteiger partial charge on any atom is 0.446 e. The molecule has 0 aliphatic carbocycles. The lowest BCUT2D eigenvalue weighted by Gasteiger charge is -2.14. The molecule has 1 aromatic rings. The number of carbonyl (C=O) groups excluding carboxylic acids is 1. The van der Waals surface area contributed by atoms with E-state index in [9.17, 15) is 26.7 Å². The smallest absolute Gasteiger partial charge is 0.446 e. The monoisotopic (exact) mass is 311 g/mol.